The van der Waals surface area contributed by atoms with E-state index in [0.717, 1.165) is 46.0 Å². The van der Waals surface area contributed by atoms with Crippen molar-refractivity contribution in [2.24, 2.45) is 0 Å². The Balaban J connectivity index is 1.45. The van der Waals surface area contributed by atoms with Gasteiger partial charge in [0.05, 0.1) is 30.9 Å². The number of para-hydroxylation sites is 2. The van der Waals surface area contributed by atoms with E-state index in [0.29, 0.717) is 39.6 Å². The van der Waals surface area contributed by atoms with Crippen LogP contribution in [-0.4, -0.2) is 67.2 Å². The number of benzene rings is 2. The van der Waals surface area contributed by atoms with Crippen LogP contribution >= 0.6 is 73.7 Å². The SMILES string of the molecule is CCO[Si](CCC(SSSSSC(CC[Si](OCC)(OCC)OCC)c1nc2ccccc2s1)c1nc2ccccc2s1)(OCC)OCC. The fourth-order valence-corrected chi connectivity index (χ4v) is 23.5. The number of aromatic nitrogens is 2. The van der Waals surface area contributed by atoms with Gasteiger partial charge in [-0.1, -0.05) is 45.9 Å². The van der Waals surface area contributed by atoms with Gasteiger partial charge in [-0.15, -0.1) is 22.7 Å². The molecule has 2 heterocycles. The summed E-state index contributed by atoms with van der Waals surface area (Å²) < 4.78 is 39.6. The van der Waals surface area contributed by atoms with Crippen molar-refractivity contribution in [1.29, 1.82) is 0 Å². The second kappa shape index (κ2) is 22.4. The molecular formula is C32H48N2O6S7Si2. The number of hydrogen-bond acceptors (Lipinski definition) is 15. The van der Waals surface area contributed by atoms with Crippen molar-refractivity contribution in [3.8, 4) is 0 Å². The molecule has 17 heteroatoms. The van der Waals surface area contributed by atoms with Crippen molar-refractivity contribution in [2.45, 2.75) is 77.0 Å². The molecule has 2 unspecified atom stereocenters. The predicted molar refractivity (Wildman–Crippen MR) is 223 cm³/mol. The molecule has 0 saturated carbocycles. The normalized spacial score (nSPS) is 13.8. The maximum atomic E-state index is 6.20. The van der Waals surface area contributed by atoms with Gasteiger partial charge in [-0.25, -0.2) is 9.97 Å². The molecule has 2 aromatic carbocycles. The lowest BCUT2D eigenvalue weighted by Gasteiger charge is -2.29. The molecule has 0 amide bonds. The van der Waals surface area contributed by atoms with Gasteiger partial charge >= 0.3 is 17.6 Å². The molecule has 272 valence electrons. The highest BCUT2D eigenvalue weighted by Crippen LogP contribution is 2.58. The highest BCUT2D eigenvalue weighted by molar-refractivity contribution is 9.35. The lowest BCUT2D eigenvalue weighted by molar-refractivity contribution is 0.0700. The summed E-state index contributed by atoms with van der Waals surface area (Å²) in [6.07, 6.45) is 1.71. The van der Waals surface area contributed by atoms with E-state index in [1.165, 1.54) is 9.40 Å². The minimum absolute atomic E-state index is 0.170. The molecule has 4 rings (SSSR count). The van der Waals surface area contributed by atoms with Crippen LogP contribution in [0.4, 0.5) is 0 Å². The topological polar surface area (TPSA) is 81.2 Å². The second-order valence-electron chi connectivity index (χ2n) is 10.5. The molecule has 2 atom stereocenters. The van der Waals surface area contributed by atoms with E-state index < -0.39 is 17.6 Å². The van der Waals surface area contributed by atoms with Crippen LogP contribution in [-0.2, 0) is 26.6 Å². The Hall–Kier alpha value is 0.164. The van der Waals surface area contributed by atoms with E-state index in [1.54, 1.807) is 52.2 Å². The molecule has 0 bridgehead atoms. The first-order valence-electron chi connectivity index (χ1n) is 16.8. The zero-order chi connectivity index (χ0) is 35.0. The van der Waals surface area contributed by atoms with Gasteiger partial charge in [0, 0.05) is 51.7 Å². The minimum Gasteiger partial charge on any atom is -0.374 e. The molecule has 0 saturated heterocycles. The molecule has 49 heavy (non-hydrogen) atoms. The van der Waals surface area contributed by atoms with E-state index in [2.05, 4.69) is 48.5 Å². The number of nitrogens with zero attached hydrogens (tertiary/aromatic N) is 2. The first-order valence-corrected chi connectivity index (χ1v) is 28.6. The van der Waals surface area contributed by atoms with Gasteiger partial charge in [0.1, 0.15) is 10.0 Å². The Morgan fingerprint density at radius 3 is 1.20 bits per heavy atom. The molecule has 0 aliphatic carbocycles. The van der Waals surface area contributed by atoms with Crippen molar-refractivity contribution in [1.82, 2.24) is 9.97 Å². The summed E-state index contributed by atoms with van der Waals surface area (Å²) in [4.78, 5) is 10.1. The first-order chi connectivity index (χ1) is 23.9. The van der Waals surface area contributed by atoms with Gasteiger partial charge in [0.15, 0.2) is 0 Å². The van der Waals surface area contributed by atoms with Gasteiger partial charge < -0.3 is 26.6 Å². The van der Waals surface area contributed by atoms with E-state index >= 15 is 0 Å². The van der Waals surface area contributed by atoms with Crippen molar-refractivity contribution < 1.29 is 26.6 Å². The number of fused-ring (bicyclic) bond motifs is 2. The maximum Gasteiger partial charge on any atom is 0.500 e. The van der Waals surface area contributed by atoms with Crippen LogP contribution in [0.1, 0.15) is 74.9 Å². The number of hydrogen-bond donors (Lipinski definition) is 0. The second-order valence-corrected chi connectivity index (χ2v) is 26.0. The predicted octanol–water partition coefficient (Wildman–Crippen LogP) is 11.9. The van der Waals surface area contributed by atoms with Crippen molar-refractivity contribution in [2.75, 3.05) is 39.6 Å². The molecule has 0 fully saturated rings. The molecule has 4 aromatic rings. The standard InChI is InChI=1S/C32H48N2O6S7Si2/c1-7-35-48(36-8-2,37-9-3)23-21-29(31-33-25-17-13-15-19-27(25)41-31)43-45-47-46-44-30(32-34-26-18-14-16-20-28(26)42-32)22-24-49(38-10-4,39-11-5)40-12-6/h13-20,29-30H,7-12,21-24H2,1-6H3. The lowest BCUT2D eigenvalue weighted by Crippen LogP contribution is -2.46. The summed E-state index contributed by atoms with van der Waals surface area (Å²) in [5.41, 5.74) is 2.09. The summed E-state index contributed by atoms with van der Waals surface area (Å²) in [6, 6.07) is 18.2. The Kier molecular flexibility index (Phi) is 19.2. The Bertz CT molecular complexity index is 1310. The van der Waals surface area contributed by atoms with Crippen LogP contribution in [0.2, 0.25) is 12.1 Å². The average Bonchev–Trinajstić information content (AvgIpc) is 3.73. The highest BCUT2D eigenvalue weighted by atomic mass is 33.8. The number of rotatable bonds is 26. The van der Waals surface area contributed by atoms with Gasteiger partial charge in [-0.2, -0.15) is 0 Å². The van der Waals surface area contributed by atoms with Gasteiger partial charge in [0.25, 0.3) is 0 Å². The zero-order valence-corrected chi connectivity index (χ0v) is 36.8. The summed E-state index contributed by atoms with van der Waals surface area (Å²) in [5.74, 6) is 0. The monoisotopic (exact) mass is 836 g/mol. The van der Waals surface area contributed by atoms with Crippen LogP contribution in [0.25, 0.3) is 20.4 Å². The molecule has 2 aromatic heterocycles. The van der Waals surface area contributed by atoms with Crippen molar-refractivity contribution in [3.63, 3.8) is 0 Å². The van der Waals surface area contributed by atoms with Crippen LogP contribution in [0.3, 0.4) is 0 Å². The zero-order valence-electron chi connectivity index (χ0n) is 29.0. The molecule has 0 N–H and O–H groups in total. The highest BCUT2D eigenvalue weighted by Gasteiger charge is 2.42. The van der Waals surface area contributed by atoms with E-state index in [9.17, 15) is 0 Å². The van der Waals surface area contributed by atoms with Crippen LogP contribution in [0.5, 0.6) is 0 Å². The molecule has 0 radical (unpaired) electrons. The van der Waals surface area contributed by atoms with Gasteiger partial charge in [-0.05, 0) is 108 Å². The van der Waals surface area contributed by atoms with Gasteiger partial charge in [0.2, 0.25) is 0 Å². The lowest BCUT2D eigenvalue weighted by atomic mass is 10.3. The van der Waals surface area contributed by atoms with Crippen molar-refractivity contribution >= 4 is 112 Å². The van der Waals surface area contributed by atoms with E-state index in [1.807, 2.05) is 63.1 Å². The Labute approximate surface area is 321 Å². The first kappa shape index (κ1) is 41.9. The molecule has 0 spiro atoms. The largest absolute Gasteiger partial charge is 0.500 e. The minimum atomic E-state index is -2.79. The van der Waals surface area contributed by atoms with E-state index in [4.69, 9.17) is 36.5 Å². The van der Waals surface area contributed by atoms with Crippen LogP contribution in [0.15, 0.2) is 48.5 Å². The summed E-state index contributed by atoms with van der Waals surface area (Å²) >= 11 is 3.54. The third kappa shape index (κ3) is 12.6. The molecule has 0 aliphatic heterocycles. The summed E-state index contributed by atoms with van der Waals surface area (Å²) in [6.45, 7) is 15.5. The summed E-state index contributed by atoms with van der Waals surface area (Å²) in [5, 5.41) is 2.59. The average molecular weight is 837 g/mol. The fraction of sp³-hybridized carbons (Fsp3) is 0.562. The quantitative estimate of drug-likeness (QED) is 0.0342. The Morgan fingerprint density at radius 1 is 0.531 bits per heavy atom. The molecule has 0 aliphatic rings. The maximum absolute atomic E-state index is 6.20. The Morgan fingerprint density at radius 2 is 0.878 bits per heavy atom. The van der Waals surface area contributed by atoms with Crippen LogP contribution < -0.4 is 0 Å². The molecular weight excluding hydrogens is 789 g/mol. The molecule has 8 nitrogen and oxygen atoms in total. The summed E-state index contributed by atoms with van der Waals surface area (Å²) in [7, 11) is 3.52. The van der Waals surface area contributed by atoms with E-state index in [-0.39, 0.29) is 10.5 Å². The third-order valence-electron chi connectivity index (χ3n) is 7.15. The van der Waals surface area contributed by atoms with Crippen molar-refractivity contribution in [3.05, 3.63) is 58.5 Å². The fourth-order valence-electron chi connectivity index (χ4n) is 5.24. The van der Waals surface area contributed by atoms with Gasteiger partial charge in [-0.3, -0.25) is 0 Å². The third-order valence-corrected chi connectivity index (χ3v) is 25.2. The number of thiazole rings is 2. The van der Waals surface area contributed by atoms with Crippen LogP contribution in [0, 0.1) is 0 Å². The smallest absolute Gasteiger partial charge is 0.374 e.